The highest BCUT2D eigenvalue weighted by Gasteiger charge is 2.14. The fraction of sp³-hybridized carbons (Fsp3) is 0.583. The van der Waals surface area contributed by atoms with E-state index in [4.69, 9.17) is 9.52 Å². The van der Waals surface area contributed by atoms with Gasteiger partial charge < -0.3 is 14.8 Å². The SMILES string of the molecule is Cc1cc(CNCCC(C)S(C)=O)oc1C(=O)O. The van der Waals surface area contributed by atoms with Gasteiger partial charge in [-0.1, -0.05) is 6.92 Å². The summed E-state index contributed by atoms with van der Waals surface area (Å²) < 4.78 is 16.3. The fourth-order valence-corrected chi connectivity index (χ4v) is 1.98. The Balaban J connectivity index is 2.38. The van der Waals surface area contributed by atoms with Gasteiger partial charge in [-0.05, 0) is 26.0 Å². The van der Waals surface area contributed by atoms with E-state index in [-0.39, 0.29) is 11.0 Å². The molecule has 0 amide bonds. The molecule has 0 aliphatic heterocycles. The lowest BCUT2D eigenvalue weighted by Crippen LogP contribution is -2.20. The standard InChI is InChI=1S/C12H19NO4S/c1-8-6-10(17-11(8)12(14)15)7-13-5-4-9(2)18(3)16/h6,9,13H,4-5,7H2,1-3H3,(H,14,15). The summed E-state index contributed by atoms with van der Waals surface area (Å²) in [5.74, 6) is -0.446. The van der Waals surface area contributed by atoms with Gasteiger partial charge >= 0.3 is 5.97 Å². The van der Waals surface area contributed by atoms with Gasteiger partial charge in [0.15, 0.2) is 0 Å². The van der Waals surface area contributed by atoms with E-state index < -0.39 is 16.8 Å². The normalized spacial score (nSPS) is 14.4. The van der Waals surface area contributed by atoms with Gasteiger partial charge in [0.25, 0.3) is 0 Å². The minimum atomic E-state index is -1.05. The van der Waals surface area contributed by atoms with Crippen LogP contribution in [0.1, 0.15) is 35.2 Å². The number of carboxylic acids is 1. The lowest BCUT2D eigenvalue weighted by molar-refractivity contribution is 0.0659. The van der Waals surface area contributed by atoms with Crippen LogP contribution in [0.3, 0.4) is 0 Å². The topological polar surface area (TPSA) is 79.5 Å². The molecule has 0 spiro atoms. The molecular weight excluding hydrogens is 254 g/mol. The number of aryl methyl sites for hydroxylation is 1. The molecule has 1 aromatic heterocycles. The number of hydrogen-bond acceptors (Lipinski definition) is 4. The zero-order chi connectivity index (χ0) is 13.7. The minimum Gasteiger partial charge on any atom is -0.475 e. The molecule has 5 nitrogen and oxygen atoms in total. The number of aromatic carboxylic acids is 1. The second-order valence-electron chi connectivity index (χ2n) is 4.30. The predicted octanol–water partition coefficient (Wildman–Crippen LogP) is 1.53. The summed E-state index contributed by atoms with van der Waals surface area (Å²) in [5.41, 5.74) is 0.627. The summed E-state index contributed by atoms with van der Waals surface area (Å²) in [7, 11) is -0.805. The summed E-state index contributed by atoms with van der Waals surface area (Å²) in [6.07, 6.45) is 2.51. The molecule has 1 heterocycles. The van der Waals surface area contributed by atoms with Crippen LogP contribution in [0.2, 0.25) is 0 Å². The Bertz CT molecular complexity index is 441. The van der Waals surface area contributed by atoms with Gasteiger partial charge in [-0.3, -0.25) is 4.21 Å². The fourth-order valence-electron chi connectivity index (χ4n) is 1.53. The van der Waals surface area contributed by atoms with Gasteiger partial charge in [0.1, 0.15) is 5.76 Å². The van der Waals surface area contributed by atoms with E-state index in [0.717, 1.165) is 13.0 Å². The molecule has 0 aliphatic rings. The van der Waals surface area contributed by atoms with Crippen molar-refractivity contribution in [2.45, 2.75) is 32.1 Å². The van der Waals surface area contributed by atoms with Crippen LogP contribution in [-0.4, -0.2) is 33.3 Å². The molecule has 0 bridgehead atoms. The first-order valence-electron chi connectivity index (χ1n) is 5.77. The number of furan rings is 1. The predicted molar refractivity (Wildman–Crippen MR) is 70.3 cm³/mol. The van der Waals surface area contributed by atoms with Gasteiger partial charge in [-0.2, -0.15) is 0 Å². The Hall–Kier alpha value is -1.14. The van der Waals surface area contributed by atoms with Crippen molar-refractivity contribution in [3.63, 3.8) is 0 Å². The van der Waals surface area contributed by atoms with E-state index in [9.17, 15) is 9.00 Å². The monoisotopic (exact) mass is 273 g/mol. The van der Waals surface area contributed by atoms with Crippen LogP contribution in [-0.2, 0) is 17.3 Å². The maximum atomic E-state index is 11.1. The summed E-state index contributed by atoms with van der Waals surface area (Å²) >= 11 is 0. The van der Waals surface area contributed by atoms with Gasteiger partial charge in [-0.15, -0.1) is 0 Å². The minimum absolute atomic E-state index is 0.00479. The molecule has 2 atom stereocenters. The Labute approximate surface area is 109 Å². The lowest BCUT2D eigenvalue weighted by Gasteiger charge is -2.08. The number of rotatable bonds is 7. The maximum absolute atomic E-state index is 11.1. The molecule has 1 rings (SSSR count). The number of carbonyl (C=O) groups is 1. The van der Waals surface area contributed by atoms with Crippen LogP contribution in [0.25, 0.3) is 0 Å². The maximum Gasteiger partial charge on any atom is 0.372 e. The molecule has 18 heavy (non-hydrogen) atoms. The zero-order valence-corrected chi connectivity index (χ0v) is 11.7. The number of nitrogens with one attached hydrogen (secondary N) is 1. The van der Waals surface area contributed by atoms with Crippen molar-refractivity contribution in [3.8, 4) is 0 Å². The van der Waals surface area contributed by atoms with Crippen molar-refractivity contribution in [1.82, 2.24) is 5.32 Å². The van der Waals surface area contributed by atoms with Crippen LogP contribution < -0.4 is 5.32 Å². The first-order valence-corrected chi connectivity index (χ1v) is 7.39. The van der Waals surface area contributed by atoms with E-state index in [0.29, 0.717) is 17.9 Å². The third-order valence-corrected chi connectivity index (χ3v) is 4.13. The molecule has 0 radical (unpaired) electrons. The zero-order valence-electron chi connectivity index (χ0n) is 10.9. The van der Waals surface area contributed by atoms with E-state index in [1.165, 1.54) is 0 Å². The molecule has 0 aromatic carbocycles. The molecule has 102 valence electrons. The molecule has 1 aromatic rings. The number of hydrogen-bond donors (Lipinski definition) is 2. The molecule has 2 unspecified atom stereocenters. The van der Waals surface area contributed by atoms with Crippen molar-refractivity contribution < 1.29 is 18.5 Å². The van der Waals surface area contributed by atoms with Crippen LogP contribution in [0, 0.1) is 6.92 Å². The van der Waals surface area contributed by atoms with Crippen LogP contribution in [0.15, 0.2) is 10.5 Å². The first kappa shape index (κ1) is 14.9. The third-order valence-electron chi connectivity index (χ3n) is 2.76. The summed E-state index contributed by atoms with van der Waals surface area (Å²) in [4.78, 5) is 10.8. The largest absolute Gasteiger partial charge is 0.475 e. The Morgan fingerprint density at radius 2 is 2.28 bits per heavy atom. The number of carboxylic acid groups (broad SMARTS) is 1. The van der Waals surface area contributed by atoms with Crippen molar-refractivity contribution >= 4 is 16.8 Å². The molecule has 0 aliphatic carbocycles. The van der Waals surface area contributed by atoms with Crippen LogP contribution in [0.5, 0.6) is 0 Å². The highest BCUT2D eigenvalue weighted by molar-refractivity contribution is 7.84. The summed E-state index contributed by atoms with van der Waals surface area (Å²) in [6.45, 7) is 4.86. The van der Waals surface area contributed by atoms with Crippen molar-refractivity contribution in [2.24, 2.45) is 0 Å². The van der Waals surface area contributed by atoms with Crippen molar-refractivity contribution in [2.75, 3.05) is 12.8 Å². The Morgan fingerprint density at radius 1 is 1.61 bits per heavy atom. The first-order chi connectivity index (χ1) is 8.41. The molecule has 0 saturated heterocycles. The average molecular weight is 273 g/mol. The van der Waals surface area contributed by atoms with Gasteiger partial charge in [0.2, 0.25) is 5.76 Å². The third kappa shape index (κ3) is 4.27. The van der Waals surface area contributed by atoms with Crippen LogP contribution >= 0.6 is 0 Å². The van der Waals surface area contributed by atoms with E-state index in [2.05, 4.69) is 5.32 Å². The van der Waals surface area contributed by atoms with E-state index in [1.807, 2.05) is 6.92 Å². The Kier molecular flexibility index (Phi) is 5.55. The summed E-state index contributed by atoms with van der Waals surface area (Å²) in [5, 5.41) is 12.1. The molecule has 0 fully saturated rings. The van der Waals surface area contributed by atoms with Gasteiger partial charge in [0, 0.05) is 27.9 Å². The van der Waals surface area contributed by atoms with Crippen molar-refractivity contribution in [3.05, 3.63) is 23.2 Å². The summed E-state index contributed by atoms with van der Waals surface area (Å²) in [6, 6.07) is 1.72. The smallest absolute Gasteiger partial charge is 0.372 e. The average Bonchev–Trinajstić information content (AvgIpc) is 2.65. The second kappa shape index (κ2) is 6.70. The van der Waals surface area contributed by atoms with Gasteiger partial charge in [0.05, 0.1) is 6.54 Å². The Morgan fingerprint density at radius 3 is 2.78 bits per heavy atom. The van der Waals surface area contributed by atoms with Crippen LogP contribution in [0.4, 0.5) is 0 Å². The molecule has 6 heteroatoms. The second-order valence-corrected chi connectivity index (χ2v) is 6.11. The van der Waals surface area contributed by atoms with Gasteiger partial charge in [-0.25, -0.2) is 4.79 Å². The quantitative estimate of drug-likeness (QED) is 0.737. The van der Waals surface area contributed by atoms with E-state index >= 15 is 0 Å². The molecule has 2 N–H and O–H groups in total. The molecule has 0 saturated carbocycles. The lowest BCUT2D eigenvalue weighted by atomic mass is 10.2. The van der Waals surface area contributed by atoms with Crippen molar-refractivity contribution in [1.29, 1.82) is 0 Å². The highest BCUT2D eigenvalue weighted by Crippen LogP contribution is 2.14. The van der Waals surface area contributed by atoms with E-state index in [1.54, 1.807) is 19.2 Å². The highest BCUT2D eigenvalue weighted by atomic mass is 32.2. The molecular formula is C12H19NO4S.